The first-order valence-corrected chi connectivity index (χ1v) is 46.8. The maximum Gasteiger partial charge on any atom is 0.426 e. The highest BCUT2D eigenvalue weighted by Gasteiger charge is 2.65. The average Bonchev–Trinajstić information content (AvgIpc) is 0.756. The monoisotopic (exact) mass is 1730 g/mol. The maximum atomic E-state index is 13.3. The van der Waals surface area contributed by atoms with Crippen LogP contribution in [0.4, 0.5) is 13.2 Å². The number of ketones is 1. The van der Waals surface area contributed by atoms with Crippen LogP contribution < -0.4 is 14.2 Å². The van der Waals surface area contributed by atoms with Crippen molar-refractivity contribution in [3.05, 3.63) is 143 Å². The molecule has 8 fully saturated rings. The number of carbonyl (C=O) groups is 6. The van der Waals surface area contributed by atoms with Gasteiger partial charge in [0.2, 0.25) is 27.4 Å². The second-order valence-electron chi connectivity index (χ2n) is 39.1. The van der Waals surface area contributed by atoms with Gasteiger partial charge in [0, 0.05) is 11.8 Å². The molecule has 18 nitrogen and oxygen atoms in total. The van der Waals surface area contributed by atoms with Crippen LogP contribution in [0, 0.1) is 75.9 Å². The Kier molecular flexibility index (Phi) is 32.4. The van der Waals surface area contributed by atoms with E-state index in [4.69, 9.17) is 33.2 Å². The second kappa shape index (κ2) is 39.8. The number of phenols is 1. The van der Waals surface area contributed by atoms with Gasteiger partial charge in [0.1, 0.15) is 50.7 Å². The Balaban J connectivity index is 0.000000185. The molecular weight excluding hydrogens is 1600 g/mol. The zero-order chi connectivity index (χ0) is 90.9. The van der Waals surface area contributed by atoms with Gasteiger partial charge in [-0.2, -0.15) is 13.2 Å². The molecule has 5 unspecified atom stereocenters. The van der Waals surface area contributed by atoms with Gasteiger partial charge >= 0.3 is 36.0 Å². The molecule has 0 spiro atoms. The van der Waals surface area contributed by atoms with Crippen LogP contribution in [0.1, 0.15) is 290 Å². The number of alkyl halides is 3. The Bertz CT molecular complexity index is 4520. The molecule has 8 aliphatic carbocycles. The first kappa shape index (κ1) is 99.5. The molecule has 15 rings (SSSR count). The highest BCUT2D eigenvalue weighted by Crippen LogP contribution is 2.66. The number of Topliss-reactive ketones (excluding diaryl/α,β-unsaturated/α-hetero) is 1. The lowest BCUT2D eigenvalue weighted by molar-refractivity contribution is -0.239. The van der Waals surface area contributed by atoms with Gasteiger partial charge in [-0.3, -0.25) is 28.8 Å². The molecular formula is C99H137F3O18S2. The van der Waals surface area contributed by atoms with Gasteiger partial charge in [0.05, 0.1) is 42.9 Å². The van der Waals surface area contributed by atoms with Crippen LogP contribution in [0.25, 0.3) is 0 Å². The number of phenolic OH excluding ortho intramolecular Hbond substituents is 1. The van der Waals surface area contributed by atoms with E-state index in [0.29, 0.717) is 62.4 Å². The van der Waals surface area contributed by atoms with E-state index in [9.17, 15) is 60.0 Å². The Morgan fingerprint density at radius 3 is 1.50 bits per heavy atom. The van der Waals surface area contributed by atoms with E-state index in [1.54, 1.807) is 53.7 Å². The Hall–Kier alpha value is -7.89. The number of esters is 5. The summed E-state index contributed by atoms with van der Waals surface area (Å²) in [6, 6.07) is 39.0. The number of rotatable bonds is 24. The fourth-order valence-corrected chi connectivity index (χ4v) is 20.6. The van der Waals surface area contributed by atoms with Crippen LogP contribution in [0.2, 0.25) is 0 Å². The minimum absolute atomic E-state index is 0.00100. The Morgan fingerprint density at radius 1 is 0.574 bits per heavy atom. The van der Waals surface area contributed by atoms with Crippen LogP contribution >= 0.6 is 0 Å². The molecule has 23 heteroatoms. The molecule has 0 amide bonds. The predicted octanol–water partition coefficient (Wildman–Crippen LogP) is 23.9. The van der Waals surface area contributed by atoms with Crippen molar-refractivity contribution in [1.29, 1.82) is 0 Å². The molecule has 5 atom stereocenters. The maximum absolute atomic E-state index is 13.3. The molecule has 0 radical (unpaired) electrons. The molecule has 1 N–H and O–H groups in total. The van der Waals surface area contributed by atoms with Crippen molar-refractivity contribution >= 4 is 56.6 Å². The number of hydrogen-bond donors (Lipinski definition) is 1. The smallest absolute Gasteiger partial charge is 0.426 e. The molecule has 10 aliphatic rings. The third-order valence-electron chi connectivity index (χ3n) is 27.4. The fourth-order valence-electron chi connectivity index (χ4n) is 17.7. The van der Waals surface area contributed by atoms with Gasteiger partial charge in [-0.05, 0) is 332 Å². The van der Waals surface area contributed by atoms with E-state index in [0.717, 1.165) is 71.8 Å². The Morgan fingerprint density at radius 2 is 1.04 bits per heavy atom. The number of para-hydroxylation sites is 2. The van der Waals surface area contributed by atoms with Crippen LogP contribution in [0.3, 0.4) is 0 Å². The van der Waals surface area contributed by atoms with Gasteiger partial charge in [0.25, 0.3) is 0 Å². The summed E-state index contributed by atoms with van der Waals surface area (Å²) in [5, 5.41) is 9.52. The van der Waals surface area contributed by atoms with Crippen LogP contribution in [-0.4, -0.2) is 94.6 Å². The normalized spacial score (nSPS) is 23.6. The third-order valence-corrected chi connectivity index (χ3v) is 30.4. The largest absolute Gasteiger partial charge is 0.748 e. The van der Waals surface area contributed by atoms with E-state index in [-0.39, 0.29) is 86.4 Å². The summed E-state index contributed by atoms with van der Waals surface area (Å²) in [6.45, 7) is 45.0. The molecule has 5 aromatic carbocycles. The van der Waals surface area contributed by atoms with E-state index in [1.165, 1.54) is 65.2 Å². The molecule has 8 saturated carbocycles. The van der Waals surface area contributed by atoms with Gasteiger partial charge in [-0.1, -0.05) is 110 Å². The second-order valence-corrected chi connectivity index (χ2v) is 42.5. The lowest BCUT2D eigenvalue weighted by Gasteiger charge is -2.61. The summed E-state index contributed by atoms with van der Waals surface area (Å²) in [5.41, 5.74) is -1.59. The number of halogens is 3. The van der Waals surface area contributed by atoms with E-state index in [2.05, 4.69) is 139 Å². The predicted molar refractivity (Wildman–Crippen MR) is 467 cm³/mol. The summed E-state index contributed by atoms with van der Waals surface area (Å²) >= 11 is 0. The lowest BCUT2D eigenvalue weighted by atomic mass is 9.46. The SMILES string of the molecule is CCC(C)(C)C(=O)OC(C)(C)C12CC3CC(CC(C3)C1)C2.CCC(C)(C)C(=O)OC12CC3CC(C1)CC(C(=O)OC(CS(=O)(=O)[O-])C(F)(F)F)(C3)C2.CCC(C)(C)C(=O)Oc1ccc(O)c(C)c1C.CCC(C)c1ccc(OC(C)(C)CC)cc1.CCC1OC(C)=C(OC(=O)C(C)(C)CC)C1=O.c1ccc([S+]2c3ccccc3Oc3ccccc32)cc1. The number of benzene rings is 5. The molecule has 8 bridgehead atoms. The van der Waals surface area contributed by atoms with Crippen molar-refractivity contribution in [3.8, 4) is 28.7 Å². The van der Waals surface area contributed by atoms with Crippen molar-refractivity contribution < 1.29 is 97.9 Å². The molecule has 2 heterocycles. The number of allylic oxidation sites excluding steroid dienone is 1. The van der Waals surface area contributed by atoms with E-state index in [1.807, 2.05) is 86.6 Å². The number of carbonyl (C=O) groups excluding carboxylic acids is 6. The van der Waals surface area contributed by atoms with Crippen molar-refractivity contribution in [1.82, 2.24) is 0 Å². The van der Waals surface area contributed by atoms with Gasteiger partial charge in [0.15, 0.2) is 22.5 Å². The standard InChI is InChI=1S/C20H29F3O7S.C19H32O2.C18H13OS.C15H24O.C14H20O3.C13H20O4/c1-4-17(2,3)15(24)30-19-8-12-5-13(9-19)7-18(6-12,11-19)16(25)29-14(20(21,22)23)10-31(26,27)28;1-6-17(2,3)16(20)21-18(4,5)19-10-13-7-14(11-19)9-15(8-13)12-19;1-2-8-14(9-3-1)20-17-12-6-4-10-15(17)19-16-11-5-7-13-18(16)20;1-6-12(3)13-8-10-14(11-9-13)16-15(4,5)7-2;1-6-14(4,5)13(16)17-12-8-7-11(15)9(2)10(12)3;1-6-9-10(14)11(8(3)16-9)17-12(15)13(4,5)7-2/h12-14H,4-11H2,1-3H3,(H,26,27,28);13-15H,6-12H2,1-5H3;1-13H;8-12H,6-7H2,1-5H3;7-8,15H,6H2,1-5H3;9H,6-7H2,1-5H3/q;;+1;;;/p-1. The molecule has 0 aromatic heterocycles. The van der Waals surface area contributed by atoms with Crippen LogP contribution in [0.5, 0.6) is 28.7 Å². The van der Waals surface area contributed by atoms with Gasteiger partial charge in [-0.15, -0.1) is 0 Å². The minimum atomic E-state index is -5.27. The van der Waals surface area contributed by atoms with Crippen LogP contribution in [0.15, 0.2) is 141 Å². The summed E-state index contributed by atoms with van der Waals surface area (Å²) in [5.74, 6) is 3.14. The van der Waals surface area contributed by atoms with Crippen molar-refractivity contribution in [2.45, 2.75) is 337 Å². The molecule has 2 aliphatic heterocycles. The van der Waals surface area contributed by atoms with E-state index >= 15 is 0 Å². The number of fused-ring (bicyclic) bond motifs is 2. The highest BCUT2D eigenvalue weighted by molar-refractivity contribution is 7.97. The first-order valence-electron chi connectivity index (χ1n) is 44.0. The summed E-state index contributed by atoms with van der Waals surface area (Å²) < 4.78 is 117. The zero-order valence-corrected chi connectivity index (χ0v) is 78.2. The number of hydrogen-bond acceptors (Lipinski definition) is 18. The van der Waals surface area contributed by atoms with Crippen LogP contribution in [-0.2, 0) is 73.5 Å². The Labute approximate surface area is 727 Å². The first-order chi connectivity index (χ1) is 56.7. The van der Waals surface area contributed by atoms with E-state index < -0.39 is 73.5 Å². The number of ether oxygens (including phenoxy) is 8. The van der Waals surface area contributed by atoms with Crippen molar-refractivity contribution in [2.75, 3.05) is 5.75 Å². The van der Waals surface area contributed by atoms with Crippen molar-refractivity contribution in [2.24, 2.45) is 62.1 Å². The highest BCUT2D eigenvalue weighted by atomic mass is 32.2. The molecule has 0 saturated heterocycles. The van der Waals surface area contributed by atoms with Gasteiger partial charge < -0.3 is 47.6 Å². The quantitative estimate of drug-likeness (QED) is 0.0194. The lowest BCUT2D eigenvalue weighted by Crippen LogP contribution is -2.61. The minimum Gasteiger partial charge on any atom is -0.748 e. The fraction of sp³-hybridized carbons (Fsp3) is 0.616. The summed E-state index contributed by atoms with van der Waals surface area (Å²) in [6.07, 6.45) is 7.50. The molecule has 674 valence electrons. The number of aromatic hydroxyl groups is 1. The van der Waals surface area contributed by atoms with Gasteiger partial charge in [-0.25, -0.2) is 8.42 Å². The third kappa shape index (κ3) is 24.4. The summed E-state index contributed by atoms with van der Waals surface area (Å²) in [7, 11) is -5.35. The molecule has 5 aromatic rings. The summed E-state index contributed by atoms with van der Waals surface area (Å²) in [4.78, 5) is 77.8. The topological polar surface area (TPSA) is 254 Å². The zero-order valence-electron chi connectivity index (χ0n) is 76.6. The van der Waals surface area contributed by atoms with Crippen molar-refractivity contribution in [3.63, 3.8) is 0 Å². The molecule has 122 heavy (non-hydrogen) atoms. The average molecular weight is 1740 g/mol.